The maximum atomic E-state index is 5.52. The Labute approximate surface area is 69.7 Å². The third-order valence-electron chi connectivity index (χ3n) is 3.04. The predicted molar refractivity (Wildman–Crippen MR) is 49.4 cm³/mol. The molecule has 0 saturated carbocycles. The zero-order chi connectivity index (χ0) is 8.48. The molecule has 2 N–H and O–H groups in total. The van der Waals surface area contributed by atoms with Crippen molar-refractivity contribution in [1.82, 2.24) is 0 Å². The van der Waals surface area contributed by atoms with Crippen molar-refractivity contribution >= 4 is 0 Å². The third kappa shape index (κ3) is 1.64. The molecule has 0 aromatic heterocycles. The van der Waals surface area contributed by atoms with E-state index in [2.05, 4.69) is 20.8 Å². The highest BCUT2D eigenvalue weighted by Gasteiger charge is 2.28. The van der Waals surface area contributed by atoms with Gasteiger partial charge in [-0.1, -0.05) is 25.0 Å². The van der Waals surface area contributed by atoms with E-state index < -0.39 is 0 Å². The molecule has 1 aliphatic carbocycles. The summed E-state index contributed by atoms with van der Waals surface area (Å²) in [5.74, 6) is 0. The fourth-order valence-electron chi connectivity index (χ4n) is 1.80. The minimum atomic E-state index is 0.449. The zero-order valence-electron chi connectivity index (χ0n) is 7.91. The monoisotopic (exact) mass is 153 g/mol. The second-order valence-electron chi connectivity index (χ2n) is 4.15. The van der Waals surface area contributed by atoms with Crippen molar-refractivity contribution in [3.63, 3.8) is 0 Å². The molecule has 0 aliphatic heterocycles. The summed E-state index contributed by atoms with van der Waals surface area (Å²) in [5.41, 5.74) is 9.17. The molecule has 64 valence electrons. The average molecular weight is 153 g/mol. The SMILES string of the molecule is CC1=C(CCN)CCC1(C)C. The summed E-state index contributed by atoms with van der Waals surface area (Å²) >= 11 is 0. The van der Waals surface area contributed by atoms with Crippen molar-refractivity contribution in [2.75, 3.05) is 6.54 Å². The lowest BCUT2D eigenvalue weighted by Crippen LogP contribution is -2.07. The molecule has 1 nitrogen and oxygen atoms in total. The van der Waals surface area contributed by atoms with E-state index in [-0.39, 0.29) is 0 Å². The van der Waals surface area contributed by atoms with Crippen LogP contribution in [-0.4, -0.2) is 6.54 Å². The van der Waals surface area contributed by atoms with E-state index in [1.165, 1.54) is 12.8 Å². The van der Waals surface area contributed by atoms with Crippen LogP contribution in [0.2, 0.25) is 0 Å². The maximum Gasteiger partial charge on any atom is -0.00398 e. The highest BCUT2D eigenvalue weighted by molar-refractivity contribution is 5.24. The summed E-state index contributed by atoms with van der Waals surface area (Å²) < 4.78 is 0. The van der Waals surface area contributed by atoms with Gasteiger partial charge in [-0.2, -0.15) is 0 Å². The minimum Gasteiger partial charge on any atom is -0.330 e. The quantitative estimate of drug-likeness (QED) is 0.606. The molecule has 0 amide bonds. The minimum absolute atomic E-state index is 0.449. The Hall–Kier alpha value is -0.300. The largest absolute Gasteiger partial charge is 0.330 e. The molecular weight excluding hydrogens is 134 g/mol. The molecule has 0 bridgehead atoms. The highest BCUT2D eigenvalue weighted by atomic mass is 14.5. The van der Waals surface area contributed by atoms with Crippen LogP contribution < -0.4 is 5.73 Å². The first-order chi connectivity index (χ1) is 5.08. The second-order valence-corrected chi connectivity index (χ2v) is 4.15. The topological polar surface area (TPSA) is 26.0 Å². The van der Waals surface area contributed by atoms with Crippen LogP contribution in [0.25, 0.3) is 0 Å². The van der Waals surface area contributed by atoms with Crippen LogP contribution >= 0.6 is 0 Å². The first-order valence-electron chi connectivity index (χ1n) is 4.47. The number of rotatable bonds is 2. The number of hydrogen-bond donors (Lipinski definition) is 1. The van der Waals surface area contributed by atoms with E-state index in [0.29, 0.717) is 5.41 Å². The molecule has 1 heteroatoms. The van der Waals surface area contributed by atoms with Gasteiger partial charge in [-0.05, 0) is 38.1 Å². The molecule has 0 radical (unpaired) electrons. The summed E-state index contributed by atoms with van der Waals surface area (Å²) in [7, 11) is 0. The fourth-order valence-corrected chi connectivity index (χ4v) is 1.80. The lowest BCUT2D eigenvalue weighted by atomic mass is 9.86. The van der Waals surface area contributed by atoms with E-state index in [1.54, 1.807) is 11.1 Å². The van der Waals surface area contributed by atoms with Crippen molar-refractivity contribution in [3.05, 3.63) is 11.1 Å². The Morgan fingerprint density at radius 1 is 1.45 bits per heavy atom. The van der Waals surface area contributed by atoms with Gasteiger partial charge in [-0.15, -0.1) is 0 Å². The normalized spacial score (nSPS) is 22.9. The molecule has 0 unspecified atom stereocenters. The van der Waals surface area contributed by atoms with Gasteiger partial charge in [0.2, 0.25) is 0 Å². The first kappa shape index (κ1) is 8.79. The molecule has 11 heavy (non-hydrogen) atoms. The van der Waals surface area contributed by atoms with Gasteiger partial charge in [0.05, 0.1) is 0 Å². The van der Waals surface area contributed by atoms with Crippen LogP contribution in [0.5, 0.6) is 0 Å². The summed E-state index contributed by atoms with van der Waals surface area (Å²) in [6.07, 6.45) is 3.69. The molecule has 0 fully saturated rings. The molecule has 0 saturated heterocycles. The Bertz CT molecular complexity index is 177. The van der Waals surface area contributed by atoms with Gasteiger partial charge in [0.15, 0.2) is 0 Å². The lowest BCUT2D eigenvalue weighted by molar-refractivity contribution is 0.443. The Morgan fingerprint density at radius 3 is 2.45 bits per heavy atom. The van der Waals surface area contributed by atoms with Gasteiger partial charge in [0.1, 0.15) is 0 Å². The Kier molecular flexibility index (Phi) is 2.38. The van der Waals surface area contributed by atoms with E-state index >= 15 is 0 Å². The third-order valence-corrected chi connectivity index (χ3v) is 3.04. The molecule has 1 aliphatic rings. The maximum absolute atomic E-state index is 5.52. The summed E-state index contributed by atoms with van der Waals surface area (Å²) in [4.78, 5) is 0. The molecule has 0 aromatic carbocycles. The molecule has 0 aromatic rings. The molecule has 0 heterocycles. The number of hydrogen-bond acceptors (Lipinski definition) is 1. The van der Waals surface area contributed by atoms with Gasteiger partial charge in [0, 0.05) is 0 Å². The van der Waals surface area contributed by atoms with Gasteiger partial charge in [-0.3, -0.25) is 0 Å². The van der Waals surface area contributed by atoms with Crippen molar-refractivity contribution in [2.24, 2.45) is 11.1 Å². The van der Waals surface area contributed by atoms with Crippen molar-refractivity contribution in [3.8, 4) is 0 Å². The van der Waals surface area contributed by atoms with Crippen LogP contribution in [0.1, 0.15) is 40.0 Å². The number of nitrogens with two attached hydrogens (primary N) is 1. The fraction of sp³-hybridized carbons (Fsp3) is 0.800. The van der Waals surface area contributed by atoms with Gasteiger partial charge >= 0.3 is 0 Å². The van der Waals surface area contributed by atoms with Crippen LogP contribution in [0.3, 0.4) is 0 Å². The first-order valence-corrected chi connectivity index (χ1v) is 4.47. The van der Waals surface area contributed by atoms with Gasteiger partial charge in [-0.25, -0.2) is 0 Å². The lowest BCUT2D eigenvalue weighted by Gasteiger charge is -2.19. The Morgan fingerprint density at radius 2 is 2.09 bits per heavy atom. The van der Waals surface area contributed by atoms with E-state index in [9.17, 15) is 0 Å². The van der Waals surface area contributed by atoms with Crippen molar-refractivity contribution < 1.29 is 0 Å². The highest BCUT2D eigenvalue weighted by Crippen LogP contribution is 2.42. The van der Waals surface area contributed by atoms with E-state index in [1.807, 2.05) is 0 Å². The van der Waals surface area contributed by atoms with Crippen molar-refractivity contribution in [1.29, 1.82) is 0 Å². The van der Waals surface area contributed by atoms with E-state index in [0.717, 1.165) is 13.0 Å². The van der Waals surface area contributed by atoms with Gasteiger partial charge in [0.25, 0.3) is 0 Å². The van der Waals surface area contributed by atoms with E-state index in [4.69, 9.17) is 5.73 Å². The van der Waals surface area contributed by atoms with Crippen molar-refractivity contribution in [2.45, 2.75) is 40.0 Å². The standard InChI is InChI=1S/C10H19N/c1-8-9(5-7-11)4-6-10(8,2)3/h4-7,11H2,1-3H3. The van der Waals surface area contributed by atoms with Gasteiger partial charge < -0.3 is 5.73 Å². The molecule has 0 spiro atoms. The number of allylic oxidation sites excluding steroid dienone is 1. The summed E-state index contributed by atoms with van der Waals surface area (Å²) in [6.45, 7) is 7.72. The average Bonchev–Trinajstić information content (AvgIpc) is 2.17. The molecule has 0 atom stereocenters. The Balaban J connectivity index is 2.72. The van der Waals surface area contributed by atoms with Crippen LogP contribution in [0, 0.1) is 5.41 Å². The summed E-state index contributed by atoms with van der Waals surface area (Å²) in [5, 5.41) is 0. The van der Waals surface area contributed by atoms with Crippen LogP contribution in [-0.2, 0) is 0 Å². The summed E-state index contributed by atoms with van der Waals surface area (Å²) in [6, 6.07) is 0. The van der Waals surface area contributed by atoms with Crippen LogP contribution in [0.15, 0.2) is 11.1 Å². The van der Waals surface area contributed by atoms with Crippen LogP contribution in [0.4, 0.5) is 0 Å². The molecular formula is C10H19N. The second kappa shape index (κ2) is 2.98. The zero-order valence-corrected chi connectivity index (χ0v) is 7.91. The predicted octanol–water partition coefficient (Wildman–Crippen LogP) is 2.47. The molecule has 1 rings (SSSR count). The smallest absolute Gasteiger partial charge is 0.00398 e.